The summed E-state index contributed by atoms with van der Waals surface area (Å²) in [5.74, 6) is -13.7. The molecule has 0 aromatic carbocycles. The summed E-state index contributed by atoms with van der Waals surface area (Å²) in [6.07, 6.45) is 2.42. The van der Waals surface area contributed by atoms with Crippen LogP contribution in [0.3, 0.4) is 0 Å². The third-order valence-electron chi connectivity index (χ3n) is 5.90. The van der Waals surface area contributed by atoms with Crippen LogP contribution in [0.25, 0.3) is 0 Å². The Morgan fingerprint density at radius 1 is 1.17 bits per heavy atom. The minimum absolute atomic E-state index is 0.155. The quantitative estimate of drug-likeness (QED) is 0.494. The maximum Gasteiger partial charge on any atom is 0.315 e. The van der Waals surface area contributed by atoms with E-state index in [-0.39, 0.29) is 13.3 Å². The van der Waals surface area contributed by atoms with Crippen molar-refractivity contribution in [1.82, 2.24) is 0 Å². The Balaban J connectivity index is 2.29. The second kappa shape index (κ2) is 6.13. The molecule has 0 amide bonds. The molecule has 0 aliphatic heterocycles. The first-order valence-electron chi connectivity index (χ1n) is 8.62. The van der Waals surface area contributed by atoms with E-state index in [0.717, 1.165) is 12.8 Å². The van der Waals surface area contributed by atoms with Gasteiger partial charge in [0.2, 0.25) is 5.67 Å². The van der Waals surface area contributed by atoms with Crippen molar-refractivity contribution in [1.29, 1.82) is 0 Å². The maximum absolute atomic E-state index is 14.9. The van der Waals surface area contributed by atoms with Gasteiger partial charge in [-0.2, -0.15) is 0 Å². The minimum Gasteiger partial charge on any atom is -0.459 e. The van der Waals surface area contributed by atoms with Crippen LogP contribution in [0.5, 0.6) is 0 Å². The standard InChI is InChI=1S/C17H25F5O2/c1-4-11-10-12(17(21,22)16(11,20)14(3,18)19)13(23)24-15(5-2)8-6-7-9-15/h11-12H,4-10H2,1-3H3. The second-order valence-corrected chi connectivity index (χ2v) is 7.28. The zero-order valence-electron chi connectivity index (χ0n) is 14.3. The van der Waals surface area contributed by atoms with Gasteiger partial charge in [-0.25, -0.2) is 22.0 Å². The molecular weight excluding hydrogens is 331 g/mol. The van der Waals surface area contributed by atoms with Gasteiger partial charge in [-0.3, -0.25) is 4.79 Å². The first-order valence-corrected chi connectivity index (χ1v) is 8.62. The van der Waals surface area contributed by atoms with E-state index in [1.807, 2.05) is 0 Å². The van der Waals surface area contributed by atoms with E-state index in [4.69, 9.17) is 4.74 Å². The van der Waals surface area contributed by atoms with Crippen molar-refractivity contribution in [3.63, 3.8) is 0 Å². The Labute approximate surface area is 139 Å². The highest BCUT2D eigenvalue weighted by Gasteiger charge is 2.79. The molecule has 0 aromatic heterocycles. The zero-order chi connectivity index (χ0) is 18.4. The highest BCUT2D eigenvalue weighted by molar-refractivity contribution is 5.75. The van der Waals surface area contributed by atoms with Crippen molar-refractivity contribution in [3.8, 4) is 0 Å². The van der Waals surface area contributed by atoms with E-state index in [9.17, 15) is 26.7 Å². The summed E-state index contributed by atoms with van der Waals surface area (Å²) in [6, 6.07) is 0. The summed E-state index contributed by atoms with van der Waals surface area (Å²) in [7, 11) is 0. The number of esters is 1. The average molecular weight is 356 g/mol. The molecule has 140 valence electrons. The monoisotopic (exact) mass is 356 g/mol. The molecule has 3 unspecified atom stereocenters. The zero-order valence-corrected chi connectivity index (χ0v) is 14.3. The molecule has 0 aromatic rings. The molecule has 0 radical (unpaired) electrons. The summed E-state index contributed by atoms with van der Waals surface area (Å²) in [5, 5.41) is 0. The highest BCUT2D eigenvalue weighted by atomic mass is 19.3. The smallest absolute Gasteiger partial charge is 0.315 e. The summed E-state index contributed by atoms with van der Waals surface area (Å²) in [5.41, 5.74) is -4.85. The van der Waals surface area contributed by atoms with Gasteiger partial charge in [0.25, 0.3) is 5.92 Å². The Kier molecular flexibility index (Phi) is 4.97. The molecule has 3 atom stereocenters. The molecule has 2 saturated carbocycles. The molecule has 2 rings (SSSR count). The third kappa shape index (κ3) is 2.71. The first-order chi connectivity index (χ1) is 10.9. The number of alkyl halides is 5. The van der Waals surface area contributed by atoms with Crippen LogP contribution >= 0.6 is 0 Å². The van der Waals surface area contributed by atoms with Gasteiger partial charge in [-0.15, -0.1) is 0 Å². The lowest BCUT2D eigenvalue weighted by Gasteiger charge is -2.37. The van der Waals surface area contributed by atoms with E-state index >= 15 is 0 Å². The van der Waals surface area contributed by atoms with E-state index in [0.29, 0.717) is 19.3 Å². The molecule has 24 heavy (non-hydrogen) atoms. The molecule has 0 N–H and O–H groups in total. The normalized spacial score (nSPS) is 35.2. The van der Waals surface area contributed by atoms with Gasteiger partial charge >= 0.3 is 11.9 Å². The molecule has 2 aliphatic rings. The first kappa shape index (κ1) is 19.4. The molecule has 0 spiro atoms. The summed E-state index contributed by atoms with van der Waals surface area (Å²) in [4.78, 5) is 12.3. The van der Waals surface area contributed by atoms with Gasteiger partial charge in [0.05, 0.1) is 0 Å². The van der Waals surface area contributed by atoms with Crippen LogP contribution in [0.1, 0.15) is 65.7 Å². The van der Waals surface area contributed by atoms with Crippen molar-refractivity contribution in [2.45, 2.75) is 88.8 Å². The SMILES string of the molecule is CCC1CC(C(=O)OC2(CC)CCCC2)C(F)(F)C1(F)C(C)(F)F. The van der Waals surface area contributed by atoms with Crippen molar-refractivity contribution < 1.29 is 31.5 Å². The molecule has 0 heterocycles. The van der Waals surface area contributed by atoms with Gasteiger partial charge in [0, 0.05) is 12.8 Å². The van der Waals surface area contributed by atoms with E-state index in [2.05, 4.69) is 0 Å². The minimum atomic E-state index is -4.46. The molecule has 7 heteroatoms. The van der Waals surface area contributed by atoms with Crippen LogP contribution in [0, 0.1) is 11.8 Å². The third-order valence-corrected chi connectivity index (χ3v) is 5.90. The van der Waals surface area contributed by atoms with Gasteiger partial charge in [0.15, 0.2) is 0 Å². The lowest BCUT2D eigenvalue weighted by Crippen LogP contribution is -2.58. The largest absolute Gasteiger partial charge is 0.459 e. The van der Waals surface area contributed by atoms with Gasteiger partial charge < -0.3 is 4.74 Å². The molecule has 2 aliphatic carbocycles. The van der Waals surface area contributed by atoms with Crippen LogP contribution in [0.2, 0.25) is 0 Å². The van der Waals surface area contributed by atoms with Crippen LogP contribution < -0.4 is 0 Å². The lowest BCUT2D eigenvalue weighted by atomic mass is 9.83. The number of hydrogen-bond donors (Lipinski definition) is 0. The average Bonchev–Trinajstić information content (AvgIpc) is 3.02. The number of halogens is 5. The molecular formula is C17H25F5O2. The maximum atomic E-state index is 14.9. The molecule has 2 nitrogen and oxygen atoms in total. The van der Waals surface area contributed by atoms with Crippen LogP contribution in [0.15, 0.2) is 0 Å². The highest BCUT2D eigenvalue weighted by Crippen LogP contribution is 2.61. The van der Waals surface area contributed by atoms with Gasteiger partial charge in [-0.1, -0.05) is 13.8 Å². The Morgan fingerprint density at radius 2 is 1.71 bits per heavy atom. The van der Waals surface area contributed by atoms with Crippen molar-refractivity contribution >= 4 is 5.97 Å². The fourth-order valence-electron chi connectivity index (χ4n) is 4.30. The Bertz CT molecular complexity index is 482. The summed E-state index contributed by atoms with van der Waals surface area (Å²) >= 11 is 0. The van der Waals surface area contributed by atoms with Crippen LogP contribution in [-0.2, 0) is 9.53 Å². The summed E-state index contributed by atoms with van der Waals surface area (Å²) in [6.45, 7) is 3.32. The van der Waals surface area contributed by atoms with Gasteiger partial charge in [0.1, 0.15) is 11.5 Å². The topological polar surface area (TPSA) is 26.3 Å². The number of rotatable bonds is 5. The van der Waals surface area contributed by atoms with E-state index < -0.39 is 47.3 Å². The summed E-state index contributed by atoms with van der Waals surface area (Å²) < 4.78 is 76.8. The van der Waals surface area contributed by atoms with E-state index in [1.165, 1.54) is 6.92 Å². The number of hydrogen-bond acceptors (Lipinski definition) is 2. The Hall–Kier alpha value is -0.880. The van der Waals surface area contributed by atoms with Crippen molar-refractivity contribution in [2.75, 3.05) is 0 Å². The van der Waals surface area contributed by atoms with Crippen LogP contribution in [0.4, 0.5) is 22.0 Å². The van der Waals surface area contributed by atoms with Crippen molar-refractivity contribution in [2.24, 2.45) is 11.8 Å². The van der Waals surface area contributed by atoms with Crippen molar-refractivity contribution in [3.05, 3.63) is 0 Å². The van der Waals surface area contributed by atoms with Gasteiger partial charge in [-0.05, 0) is 44.9 Å². The Morgan fingerprint density at radius 3 is 2.08 bits per heavy atom. The fourth-order valence-corrected chi connectivity index (χ4v) is 4.30. The number of carbonyl (C=O) groups is 1. The molecule has 2 fully saturated rings. The number of carbonyl (C=O) groups excluding carboxylic acids is 1. The lowest BCUT2D eigenvalue weighted by molar-refractivity contribution is -0.252. The predicted molar refractivity (Wildman–Crippen MR) is 78.9 cm³/mol. The fraction of sp³-hybridized carbons (Fsp3) is 0.941. The van der Waals surface area contributed by atoms with Crippen LogP contribution in [-0.4, -0.2) is 29.1 Å². The molecule has 0 bridgehead atoms. The second-order valence-electron chi connectivity index (χ2n) is 7.28. The van der Waals surface area contributed by atoms with E-state index in [1.54, 1.807) is 6.92 Å². The predicted octanol–water partition coefficient (Wildman–Crippen LogP) is 5.30. The molecule has 0 saturated heterocycles. The number of ether oxygens (including phenoxy) is 1.